The fourth-order valence-corrected chi connectivity index (χ4v) is 2.21. The zero-order chi connectivity index (χ0) is 14.5. The van der Waals surface area contributed by atoms with Crippen LogP contribution in [-0.4, -0.2) is 5.97 Å². The normalized spacial score (nSPS) is 16.9. The molecule has 1 atom stereocenters. The number of carbonyl (C=O) groups is 1. The average Bonchev–Trinajstić information content (AvgIpc) is 2.43. The molecule has 1 aliphatic rings. The molecule has 0 heterocycles. The predicted octanol–water partition coefficient (Wildman–Crippen LogP) is 3.71. The summed E-state index contributed by atoms with van der Waals surface area (Å²) in [6.45, 7) is 9.01. The van der Waals surface area contributed by atoms with E-state index in [1.807, 2.05) is 24.3 Å². The Morgan fingerprint density at radius 2 is 2.05 bits per heavy atom. The highest BCUT2D eigenvalue weighted by atomic mass is 16.5. The molecule has 1 aromatic rings. The van der Waals surface area contributed by atoms with Crippen LogP contribution in [0.4, 0.5) is 0 Å². The third-order valence-electron chi connectivity index (χ3n) is 3.15. The lowest BCUT2D eigenvalue weighted by molar-refractivity contribution is -0.146. The molecule has 0 N–H and O–H groups in total. The number of hydrogen-bond donors (Lipinski definition) is 0. The van der Waals surface area contributed by atoms with Gasteiger partial charge in [0.25, 0.3) is 0 Å². The second-order valence-corrected chi connectivity index (χ2v) is 4.49. The monoisotopic (exact) mass is 264 g/mol. The van der Waals surface area contributed by atoms with Crippen molar-refractivity contribution in [1.82, 2.24) is 0 Å². The molecule has 0 fully saturated rings. The third-order valence-corrected chi connectivity index (χ3v) is 3.15. The molecule has 1 unspecified atom stereocenters. The molecule has 0 saturated carbocycles. The van der Waals surface area contributed by atoms with Crippen molar-refractivity contribution in [1.29, 1.82) is 0 Å². The zero-order valence-corrected chi connectivity index (χ0v) is 11.5. The van der Waals surface area contributed by atoms with E-state index >= 15 is 0 Å². The number of hydrogen-bond acceptors (Lipinski definition) is 2. The fraction of sp³-hybridized carbons (Fsp3) is 0.167. The number of benzene rings is 1. The number of fused-ring (bicyclic) bond motifs is 1. The van der Waals surface area contributed by atoms with Crippen molar-refractivity contribution in [2.75, 3.05) is 0 Å². The van der Waals surface area contributed by atoms with Crippen LogP contribution in [0.15, 0.2) is 60.7 Å². The van der Waals surface area contributed by atoms with Gasteiger partial charge < -0.3 is 4.74 Å². The molecule has 0 aliphatic heterocycles. The molecule has 20 heavy (non-hydrogen) atoms. The molecule has 1 aliphatic carbocycles. The molecule has 0 saturated heterocycles. The number of rotatable bonds is 3. The molecule has 0 radical (unpaired) electrons. The van der Waals surface area contributed by atoms with Crippen molar-refractivity contribution >= 4 is 5.97 Å². The molecule has 0 bridgehead atoms. The first-order valence-electron chi connectivity index (χ1n) is 6.42. The SMILES string of the molecule is C=CC1=C(C=C)CC(OC(C)=O)c2ccccc2C#C1. The first kappa shape index (κ1) is 13.9. The molecular weight excluding hydrogens is 248 g/mol. The quantitative estimate of drug-likeness (QED) is 0.614. The maximum Gasteiger partial charge on any atom is 0.303 e. The summed E-state index contributed by atoms with van der Waals surface area (Å²) in [5, 5.41) is 0. The van der Waals surface area contributed by atoms with Crippen LogP contribution >= 0.6 is 0 Å². The van der Waals surface area contributed by atoms with E-state index in [1.165, 1.54) is 6.92 Å². The lowest BCUT2D eigenvalue weighted by atomic mass is 9.92. The summed E-state index contributed by atoms with van der Waals surface area (Å²) in [5.41, 5.74) is 3.57. The summed E-state index contributed by atoms with van der Waals surface area (Å²) in [4.78, 5) is 11.3. The molecular formula is C18H16O2. The third kappa shape index (κ3) is 2.89. The lowest BCUT2D eigenvalue weighted by Gasteiger charge is -2.21. The van der Waals surface area contributed by atoms with Gasteiger partial charge in [-0.3, -0.25) is 4.79 Å². The van der Waals surface area contributed by atoms with Crippen LogP contribution < -0.4 is 0 Å². The summed E-state index contributed by atoms with van der Waals surface area (Å²) < 4.78 is 5.46. The minimum absolute atomic E-state index is 0.304. The summed E-state index contributed by atoms with van der Waals surface area (Å²) in [7, 11) is 0. The van der Waals surface area contributed by atoms with Crippen LogP contribution in [-0.2, 0) is 9.53 Å². The Hall–Kier alpha value is -2.53. The maximum atomic E-state index is 11.3. The van der Waals surface area contributed by atoms with E-state index in [1.54, 1.807) is 12.2 Å². The average molecular weight is 264 g/mol. The van der Waals surface area contributed by atoms with Gasteiger partial charge in [0.2, 0.25) is 0 Å². The van der Waals surface area contributed by atoms with Crippen LogP contribution in [0.3, 0.4) is 0 Å². The summed E-state index contributed by atoms with van der Waals surface area (Å²) in [5.74, 6) is 5.91. The second-order valence-electron chi connectivity index (χ2n) is 4.49. The van der Waals surface area contributed by atoms with Crippen LogP contribution in [0.1, 0.15) is 30.6 Å². The number of carbonyl (C=O) groups excluding carboxylic acids is 1. The molecule has 2 nitrogen and oxygen atoms in total. The van der Waals surface area contributed by atoms with E-state index in [9.17, 15) is 4.79 Å². The smallest absolute Gasteiger partial charge is 0.303 e. The standard InChI is InChI=1S/C18H16O2/c1-4-14-10-11-16-8-6-7-9-17(16)18(20-13(3)19)12-15(14)5-2/h4-9,18H,1-2,12H2,3H3. The number of esters is 1. The first-order valence-corrected chi connectivity index (χ1v) is 6.42. The topological polar surface area (TPSA) is 26.3 Å². The van der Waals surface area contributed by atoms with Crippen molar-refractivity contribution in [2.45, 2.75) is 19.4 Å². The van der Waals surface area contributed by atoms with Gasteiger partial charge in [-0.2, -0.15) is 0 Å². The van der Waals surface area contributed by atoms with Gasteiger partial charge in [-0.15, -0.1) is 0 Å². The van der Waals surface area contributed by atoms with E-state index in [0.29, 0.717) is 6.42 Å². The predicted molar refractivity (Wildman–Crippen MR) is 79.9 cm³/mol. The van der Waals surface area contributed by atoms with Gasteiger partial charge in [0.1, 0.15) is 6.10 Å². The van der Waals surface area contributed by atoms with Gasteiger partial charge in [0.05, 0.1) is 0 Å². The molecule has 0 amide bonds. The van der Waals surface area contributed by atoms with Gasteiger partial charge in [-0.1, -0.05) is 55.3 Å². The van der Waals surface area contributed by atoms with E-state index in [-0.39, 0.29) is 12.1 Å². The van der Waals surface area contributed by atoms with Gasteiger partial charge >= 0.3 is 5.97 Å². The van der Waals surface area contributed by atoms with E-state index in [4.69, 9.17) is 4.74 Å². The summed E-state index contributed by atoms with van der Waals surface area (Å²) in [6.07, 6.45) is 3.66. The van der Waals surface area contributed by atoms with Crippen LogP contribution in [0, 0.1) is 11.8 Å². The van der Waals surface area contributed by atoms with Crippen molar-refractivity contribution < 1.29 is 9.53 Å². The summed E-state index contributed by atoms with van der Waals surface area (Å²) in [6, 6.07) is 7.71. The highest BCUT2D eigenvalue weighted by Crippen LogP contribution is 2.31. The van der Waals surface area contributed by atoms with Gasteiger partial charge in [0.15, 0.2) is 0 Å². The molecule has 0 aromatic heterocycles. The van der Waals surface area contributed by atoms with Gasteiger partial charge in [-0.05, 0) is 11.6 Å². The minimum atomic E-state index is -0.346. The molecule has 2 heteroatoms. The lowest BCUT2D eigenvalue weighted by Crippen LogP contribution is -2.12. The van der Waals surface area contributed by atoms with Crippen LogP contribution in [0.5, 0.6) is 0 Å². The number of ether oxygens (including phenoxy) is 1. The maximum absolute atomic E-state index is 11.3. The van der Waals surface area contributed by atoms with Crippen molar-refractivity contribution in [2.24, 2.45) is 0 Å². The van der Waals surface area contributed by atoms with Crippen molar-refractivity contribution in [3.63, 3.8) is 0 Å². The zero-order valence-electron chi connectivity index (χ0n) is 11.5. The molecule has 100 valence electrons. The Labute approximate surface area is 119 Å². The molecule has 1 aromatic carbocycles. The first-order chi connectivity index (χ1) is 9.65. The number of allylic oxidation sites excluding steroid dienone is 3. The van der Waals surface area contributed by atoms with E-state index in [2.05, 4.69) is 25.0 Å². The van der Waals surface area contributed by atoms with Crippen LogP contribution in [0.2, 0.25) is 0 Å². The Balaban J connectivity index is 2.58. The minimum Gasteiger partial charge on any atom is -0.457 e. The largest absolute Gasteiger partial charge is 0.457 e. The van der Waals surface area contributed by atoms with E-state index in [0.717, 1.165) is 22.3 Å². The molecule has 2 rings (SSSR count). The van der Waals surface area contributed by atoms with Gasteiger partial charge in [0, 0.05) is 30.0 Å². The Morgan fingerprint density at radius 1 is 1.30 bits per heavy atom. The second kappa shape index (κ2) is 6.08. The van der Waals surface area contributed by atoms with Crippen LogP contribution in [0.25, 0.3) is 0 Å². The highest BCUT2D eigenvalue weighted by Gasteiger charge is 2.20. The van der Waals surface area contributed by atoms with Crippen molar-refractivity contribution in [3.05, 3.63) is 71.8 Å². The highest BCUT2D eigenvalue weighted by molar-refractivity contribution is 5.67. The summed E-state index contributed by atoms with van der Waals surface area (Å²) >= 11 is 0. The molecule has 0 spiro atoms. The Kier molecular flexibility index (Phi) is 4.22. The fourth-order valence-electron chi connectivity index (χ4n) is 2.21. The van der Waals surface area contributed by atoms with Crippen molar-refractivity contribution in [3.8, 4) is 11.8 Å². The van der Waals surface area contributed by atoms with E-state index < -0.39 is 0 Å². The Morgan fingerprint density at radius 3 is 2.70 bits per heavy atom. The van der Waals surface area contributed by atoms with Gasteiger partial charge in [-0.25, -0.2) is 0 Å². The Bertz CT molecular complexity index is 653.